The second kappa shape index (κ2) is 6.11. The highest BCUT2D eigenvalue weighted by Crippen LogP contribution is 2.40. The molecular weight excluding hydrogens is 387 g/mol. The summed E-state index contributed by atoms with van der Waals surface area (Å²) >= 11 is 3.38. The molecule has 1 heterocycles. The number of nitrogens with one attached hydrogen (secondary N) is 1. The predicted molar refractivity (Wildman–Crippen MR) is 101 cm³/mol. The molecule has 0 aliphatic carbocycles. The number of hydrogen-bond acceptors (Lipinski definition) is 5. The summed E-state index contributed by atoms with van der Waals surface area (Å²) in [5.41, 5.74) is 0.680. The van der Waals surface area contributed by atoms with Crippen molar-refractivity contribution >= 4 is 52.3 Å². The summed E-state index contributed by atoms with van der Waals surface area (Å²) < 4.78 is 5.82. The Bertz CT molecular complexity index is 931. The van der Waals surface area contributed by atoms with Crippen molar-refractivity contribution in [3.05, 3.63) is 50.8 Å². The standard InChI is InChI=1S/C17H14BBrN2O4/c1-17(8-3-4-13(25-2)12(5-8)21-24)15(22)10-6-9(19)7-11(18)14(10)20-16(17)23/h3-7H,18H2,1-2H3,(H,20,23). The highest BCUT2D eigenvalue weighted by atomic mass is 79.9. The molecule has 8 heteroatoms. The molecule has 1 unspecified atom stereocenters. The van der Waals surface area contributed by atoms with Gasteiger partial charge in [-0.15, -0.1) is 4.91 Å². The van der Waals surface area contributed by atoms with Crippen molar-refractivity contribution in [2.75, 3.05) is 12.4 Å². The number of halogens is 1. The molecule has 6 nitrogen and oxygen atoms in total. The molecule has 0 aromatic heterocycles. The van der Waals surface area contributed by atoms with Crippen molar-refractivity contribution in [2.24, 2.45) is 5.18 Å². The number of benzene rings is 2. The molecule has 0 bridgehead atoms. The Morgan fingerprint density at radius 1 is 1.24 bits per heavy atom. The summed E-state index contributed by atoms with van der Waals surface area (Å²) in [6.07, 6.45) is 0. The fourth-order valence-electron chi connectivity index (χ4n) is 3.03. The summed E-state index contributed by atoms with van der Waals surface area (Å²) in [7, 11) is 3.24. The number of ether oxygens (including phenoxy) is 1. The molecule has 3 rings (SSSR count). The third kappa shape index (κ3) is 2.57. The Morgan fingerprint density at radius 2 is 1.96 bits per heavy atom. The van der Waals surface area contributed by atoms with Gasteiger partial charge in [0.25, 0.3) is 0 Å². The average Bonchev–Trinajstić information content (AvgIpc) is 2.60. The van der Waals surface area contributed by atoms with Gasteiger partial charge in [0, 0.05) is 15.7 Å². The van der Waals surface area contributed by atoms with Crippen molar-refractivity contribution < 1.29 is 14.3 Å². The molecule has 2 aromatic carbocycles. The number of nitrogens with zero attached hydrogens (tertiary/aromatic N) is 1. The Kier molecular flexibility index (Phi) is 4.24. The van der Waals surface area contributed by atoms with Crippen LogP contribution >= 0.6 is 15.9 Å². The van der Waals surface area contributed by atoms with Gasteiger partial charge in [-0.2, -0.15) is 0 Å². The molecule has 1 amide bonds. The lowest BCUT2D eigenvalue weighted by Crippen LogP contribution is -2.49. The molecule has 0 spiro atoms. The monoisotopic (exact) mass is 400 g/mol. The zero-order valence-electron chi connectivity index (χ0n) is 13.8. The molecule has 0 saturated carbocycles. The van der Waals surface area contributed by atoms with Crippen molar-refractivity contribution in [3.8, 4) is 5.75 Å². The van der Waals surface area contributed by atoms with Crippen LogP contribution in [0.3, 0.4) is 0 Å². The van der Waals surface area contributed by atoms with Gasteiger partial charge in [-0.1, -0.05) is 33.5 Å². The van der Waals surface area contributed by atoms with E-state index in [1.54, 1.807) is 19.1 Å². The number of rotatable bonds is 3. The van der Waals surface area contributed by atoms with E-state index in [4.69, 9.17) is 4.74 Å². The Balaban J connectivity index is 2.20. The molecule has 1 atom stereocenters. The lowest BCUT2D eigenvalue weighted by molar-refractivity contribution is -0.119. The summed E-state index contributed by atoms with van der Waals surface area (Å²) in [6.45, 7) is 1.54. The zero-order chi connectivity index (χ0) is 18.4. The third-order valence-electron chi connectivity index (χ3n) is 4.55. The van der Waals surface area contributed by atoms with E-state index >= 15 is 0 Å². The Morgan fingerprint density at radius 3 is 2.60 bits per heavy atom. The highest BCUT2D eigenvalue weighted by Gasteiger charge is 2.48. The van der Waals surface area contributed by atoms with Gasteiger partial charge < -0.3 is 10.1 Å². The number of nitroso groups, excluding NO2 is 1. The van der Waals surface area contributed by atoms with Crippen LogP contribution in [0.5, 0.6) is 5.75 Å². The van der Waals surface area contributed by atoms with Gasteiger partial charge in [0.05, 0.1) is 7.11 Å². The second-order valence-electron chi connectivity index (χ2n) is 6.03. The first-order valence-corrected chi connectivity index (χ1v) is 8.30. The Labute approximate surface area is 153 Å². The lowest BCUT2D eigenvalue weighted by Gasteiger charge is -2.34. The first-order chi connectivity index (χ1) is 11.8. The number of hydrogen-bond donors (Lipinski definition) is 1. The van der Waals surface area contributed by atoms with Crippen LogP contribution in [-0.2, 0) is 10.2 Å². The minimum Gasteiger partial charge on any atom is -0.494 e. The number of Topliss-reactive ketones (excluding diaryl/α,β-unsaturated/α-hetero) is 1. The molecule has 2 aromatic rings. The summed E-state index contributed by atoms with van der Waals surface area (Å²) in [4.78, 5) is 37.0. The molecule has 0 fully saturated rings. The minimum absolute atomic E-state index is 0.0399. The molecule has 25 heavy (non-hydrogen) atoms. The SMILES string of the molecule is Bc1cc(Br)cc2c1NC(=O)C(C)(c1ccc(OC)c(N=O)c1)C2=O. The number of fused-ring (bicyclic) bond motifs is 1. The molecule has 1 aliphatic rings. The van der Waals surface area contributed by atoms with Gasteiger partial charge >= 0.3 is 0 Å². The normalized spacial score (nSPS) is 19.2. The number of methoxy groups -OCH3 is 1. The van der Waals surface area contributed by atoms with Crippen LogP contribution in [0.1, 0.15) is 22.8 Å². The summed E-state index contributed by atoms with van der Waals surface area (Å²) in [5, 5.41) is 5.75. The van der Waals surface area contributed by atoms with Gasteiger partial charge in [-0.3, -0.25) is 9.59 Å². The molecule has 0 saturated heterocycles. The van der Waals surface area contributed by atoms with E-state index in [9.17, 15) is 14.5 Å². The number of amides is 1. The number of carbonyl (C=O) groups is 2. The minimum atomic E-state index is -1.47. The number of carbonyl (C=O) groups excluding carboxylic acids is 2. The van der Waals surface area contributed by atoms with Crippen LogP contribution in [0.2, 0.25) is 0 Å². The largest absolute Gasteiger partial charge is 0.494 e. The van der Waals surface area contributed by atoms with Gasteiger partial charge in [-0.25, -0.2) is 0 Å². The highest BCUT2D eigenvalue weighted by molar-refractivity contribution is 9.10. The van der Waals surface area contributed by atoms with Crippen molar-refractivity contribution in [1.29, 1.82) is 0 Å². The van der Waals surface area contributed by atoms with E-state index < -0.39 is 11.3 Å². The maximum atomic E-state index is 13.2. The Hall–Kier alpha value is -2.48. The van der Waals surface area contributed by atoms with Crippen molar-refractivity contribution in [2.45, 2.75) is 12.3 Å². The van der Waals surface area contributed by atoms with Gasteiger partial charge in [0.1, 0.15) is 24.7 Å². The first kappa shape index (κ1) is 17.4. The lowest BCUT2D eigenvalue weighted by atomic mass is 9.71. The van der Waals surface area contributed by atoms with Crippen LogP contribution in [0, 0.1) is 4.91 Å². The van der Waals surface area contributed by atoms with Crippen LogP contribution in [0.25, 0.3) is 0 Å². The molecular formula is C17H14BBrN2O4. The van der Waals surface area contributed by atoms with E-state index in [0.29, 0.717) is 16.8 Å². The quantitative estimate of drug-likeness (QED) is 0.486. The molecule has 0 radical (unpaired) electrons. The smallest absolute Gasteiger partial charge is 0.242 e. The maximum absolute atomic E-state index is 13.2. The summed E-state index contributed by atoms with van der Waals surface area (Å²) in [6, 6.07) is 8.06. The van der Waals surface area contributed by atoms with Gasteiger partial charge in [0.2, 0.25) is 5.91 Å². The third-order valence-corrected chi connectivity index (χ3v) is 5.00. The average molecular weight is 401 g/mol. The molecule has 126 valence electrons. The van der Waals surface area contributed by atoms with E-state index in [1.165, 1.54) is 19.2 Å². The van der Waals surface area contributed by atoms with E-state index in [2.05, 4.69) is 26.4 Å². The van der Waals surface area contributed by atoms with Crippen molar-refractivity contribution in [3.63, 3.8) is 0 Å². The fraction of sp³-hybridized carbons (Fsp3) is 0.176. The van der Waals surface area contributed by atoms with E-state index in [-0.39, 0.29) is 17.2 Å². The van der Waals surface area contributed by atoms with Crippen molar-refractivity contribution in [1.82, 2.24) is 0 Å². The van der Waals surface area contributed by atoms with Crippen LogP contribution < -0.4 is 15.5 Å². The summed E-state index contributed by atoms with van der Waals surface area (Å²) in [5.74, 6) is -0.500. The van der Waals surface area contributed by atoms with Crippen LogP contribution in [0.4, 0.5) is 11.4 Å². The topological polar surface area (TPSA) is 84.8 Å². The first-order valence-electron chi connectivity index (χ1n) is 7.51. The maximum Gasteiger partial charge on any atom is 0.242 e. The van der Waals surface area contributed by atoms with Gasteiger partial charge in [0.15, 0.2) is 5.78 Å². The zero-order valence-corrected chi connectivity index (χ0v) is 15.4. The molecule has 1 N–H and O–H groups in total. The van der Waals surface area contributed by atoms with Crippen LogP contribution in [0.15, 0.2) is 40.0 Å². The predicted octanol–water partition coefficient (Wildman–Crippen LogP) is 2.21. The second-order valence-corrected chi connectivity index (χ2v) is 6.95. The number of ketones is 1. The number of anilines is 1. The van der Waals surface area contributed by atoms with E-state index in [1.807, 2.05) is 13.9 Å². The fourth-order valence-corrected chi connectivity index (χ4v) is 3.61. The molecule has 1 aliphatic heterocycles. The van der Waals surface area contributed by atoms with Gasteiger partial charge in [-0.05, 0) is 35.9 Å². The van der Waals surface area contributed by atoms with Crippen LogP contribution in [-0.4, -0.2) is 26.6 Å². The van der Waals surface area contributed by atoms with E-state index in [0.717, 1.165) is 9.94 Å².